The van der Waals surface area contributed by atoms with Crippen molar-refractivity contribution in [2.75, 3.05) is 0 Å². The van der Waals surface area contributed by atoms with Gasteiger partial charge < -0.3 is 4.57 Å². The van der Waals surface area contributed by atoms with Gasteiger partial charge in [0.15, 0.2) is 0 Å². The van der Waals surface area contributed by atoms with E-state index < -0.39 is 16.2 Å². The van der Waals surface area contributed by atoms with E-state index in [1.165, 1.54) is 30.9 Å². The summed E-state index contributed by atoms with van der Waals surface area (Å²) in [4.78, 5) is 0.409. The van der Waals surface area contributed by atoms with E-state index in [1.807, 2.05) is 12.1 Å². The van der Waals surface area contributed by atoms with Crippen LogP contribution >= 0.6 is 0 Å². The molecule has 2 aromatic rings. The van der Waals surface area contributed by atoms with Crippen molar-refractivity contribution in [3.8, 4) is 24.0 Å². The Kier molecular flexibility index (Phi) is 5.03. The molecule has 2 unspecified atom stereocenters. The Bertz CT molecular complexity index is 801. The average Bonchev–Trinajstić information content (AvgIpc) is 3.08. The number of benzene rings is 1. The number of hydrogen-bond donors (Lipinski definition) is 0. The van der Waals surface area contributed by atoms with E-state index in [-0.39, 0.29) is 0 Å². The molecule has 0 N–H and O–H groups in total. The summed E-state index contributed by atoms with van der Waals surface area (Å²) in [7, 11) is -1.50. The van der Waals surface area contributed by atoms with Crippen LogP contribution in [0.2, 0.25) is 0 Å². The molecule has 2 atom stereocenters. The molecule has 7 heteroatoms. The van der Waals surface area contributed by atoms with Crippen molar-refractivity contribution in [3.63, 3.8) is 0 Å². The maximum absolute atomic E-state index is 12.8. The monoisotopic (exact) mass is 309 g/mol. The van der Waals surface area contributed by atoms with E-state index in [4.69, 9.17) is 10.5 Å². The molecule has 1 aromatic heterocycles. The normalized spacial score (nSPS) is 12.3. The predicted octanol–water partition coefficient (Wildman–Crippen LogP) is 1.74. The fraction of sp³-hybridized carbons (Fsp3) is 0.200. The number of nitrogens with zero attached hydrogens (tertiary/aromatic N) is 5. The van der Waals surface area contributed by atoms with Crippen molar-refractivity contribution in [1.82, 2.24) is 14.8 Å². The molecule has 0 amide bonds. The van der Waals surface area contributed by atoms with Crippen LogP contribution in [0, 0.1) is 34.5 Å². The molecule has 1 heterocycles. The second-order valence-corrected chi connectivity index (χ2v) is 5.87. The maximum atomic E-state index is 12.8. The van der Waals surface area contributed by atoms with Crippen molar-refractivity contribution in [3.05, 3.63) is 42.0 Å². The van der Waals surface area contributed by atoms with Crippen molar-refractivity contribution in [2.24, 2.45) is 0 Å². The van der Waals surface area contributed by atoms with Crippen LogP contribution in [0.5, 0.6) is 0 Å². The minimum atomic E-state index is -1.50. The van der Waals surface area contributed by atoms with E-state index in [0.717, 1.165) is 0 Å². The van der Waals surface area contributed by atoms with Gasteiger partial charge in [0.1, 0.15) is 18.0 Å². The Labute approximate surface area is 130 Å². The molecule has 108 valence electrons. The lowest BCUT2D eigenvalue weighted by Crippen LogP contribution is -2.13. The highest BCUT2D eigenvalue weighted by atomic mass is 32.2. The number of hydrogen-bond acceptors (Lipinski definition) is 5. The second-order valence-electron chi connectivity index (χ2n) is 4.26. The summed E-state index contributed by atoms with van der Waals surface area (Å²) in [6.07, 6.45) is 3.29. The third kappa shape index (κ3) is 3.38. The summed E-state index contributed by atoms with van der Waals surface area (Å²) in [5, 5.41) is 25.0. The van der Waals surface area contributed by atoms with Gasteiger partial charge in [-0.15, -0.1) is 22.0 Å². The number of nitriles is 2. The van der Waals surface area contributed by atoms with Gasteiger partial charge in [0, 0.05) is 11.3 Å². The molecule has 0 bridgehead atoms. The van der Waals surface area contributed by atoms with Crippen molar-refractivity contribution in [2.45, 2.75) is 23.6 Å². The molecule has 22 heavy (non-hydrogen) atoms. The molecule has 0 aliphatic rings. The zero-order valence-electron chi connectivity index (χ0n) is 11.7. The van der Waals surface area contributed by atoms with Crippen LogP contribution in [-0.4, -0.2) is 19.0 Å². The quantitative estimate of drug-likeness (QED) is 0.802. The zero-order valence-corrected chi connectivity index (χ0v) is 12.5. The Hall–Kier alpha value is -2.95. The largest absolute Gasteiger partial charge is 0.304 e. The standard InChI is InChI=1S/C15H11N5OS/c1-2-3-4-15(20-10-18-19-11-20)22(21)14-6-12(8-16)5-13(7-14)9-17/h5-7,10-11,15H,4H2,1H3. The summed E-state index contributed by atoms with van der Waals surface area (Å²) < 4.78 is 14.5. The van der Waals surface area contributed by atoms with Gasteiger partial charge in [-0.25, -0.2) is 0 Å². The average molecular weight is 309 g/mol. The van der Waals surface area contributed by atoms with Crippen LogP contribution in [0.15, 0.2) is 35.7 Å². The summed E-state index contributed by atoms with van der Waals surface area (Å²) >= 11 is 0. The van der Waals surface area contributed by atoms with Crippen LogP contribution in [-0.2, 0) is 10.8 Å². The Balaban J connectivity index is 2.45. The Morgan fingerprint density at radius 3 is 2.27 bits per heavy atom. The summed E-state index contributed by atoms with van der Waals surface area (Å²) in [6, 6.07) is 8.44. The number of aromatic nitrogens is 3. The van der Waals surface area contributed by atoms with Gasteiger partial charge in [0.2, 0.25) is 0 Å². The molecule has 6 nitrogen and oxygen atoms in total. The maximum Gasteiger partial charge on any atom is 0.127 e. The Morgan fingerprint density at radius 2 is 1.77 bits per heavy atom. The summed E-state index contributed by atoms with van der Waals surface area (Å²) in [5.74, 6) is 5.66. The fourth-order valence-electron chi connectivity index (χ4n) is 1.84. The van der Waals surface area contributed by atoms with E-state index in [2.05, 4.69) is 22.0 Å². The molecule has 0 saturated heterocycles. The minimum absolute atomic E-state index is 0.298. The van der Waals surface area contributed by atoms with Crippen LogP contribution < -0.4 is 0 Å². The number of rotatable bonds is 4. The van der Waals surface area contributed by atoms with Crippen LogP contribution in [0.1, 0.15) is 29.8 Å². The minimum Gasteiger partial charge on any atom is -0.304 e. The predicted molar refractivity (Wildman–Crippen MR) is 79.4 cm³/mol. The first-order valence-corrected chi connectivity index (χ1v) is 7.50. The molecular weight excluding hydrogens is 298 g/mol. The third-order valence-electron chi connectivity index (χ3n) is 2.87. The van der Waals surface area contributed by atoms with Crippen molar-refractivity contribution >= 4 is 10.8 Å². The van der Waals surface area contributed by atoms with E-state index in [9.17, 15) is 4.21 Å². The highest BCUT2D eigenvalue weighted by Gasteiger charge is 2.20. The lowest BCUT2D eigenvalue weighted by molar-refractivity contribution is 0.624. The first-order valence-electron chi connectivity index (χ1n) is 6.29. The van der Waals surface area contributed by atoms with Gasteiger partial charge in [-0.2, -0.15) is 10.5 Å². The molecule has 0 fully saturated rings. The first kappa shape index (κ1) is 15.4. The van der Waals surface area contributed by atoms with Crippen LogP contribution in [0.4, 0.5) is 0 Å². The molecule has 0 saturated carbocycles. The van der Waals surface area contributed by atoms with Gasteiger partial charge in [-0.3, -0.25) is 4.21 Å². The zero-order chi connectivity index (χ0) is 15.9. The van der Waals surface area contributed by atoms with Crippen molar-refractivity contribution < 1.29 is 4.21 Å². The topological polar surface area (TPSA) is 95.4 Å². The SMILES string of the molecule is CC#CCC(n1cnnc1)S(=O)c1cc(C#N)cc(C#N)c1. The van der Waals surface area contributed by atoms with E-state index in [0.29, 0.717) is 22.4 Å². The van der Waals surface area contributed by atoms with Gasteiger partial charge in [-0.1, -0.05) is 0 Å². The lowest BCUT2D eigenvalue weighted by Gasteiger charge is -2.15. The van der Waals surface area contributed by atoms with Crippen LogP contribution in [0.3, 0.4) is 0 Å². The summed E-state index contributed by atoms with van der Waals surface area (Å²) in [6.45, 7) is 1.70. The molecular formula is C15H11N5OS. The smallest absolute Gasteiger partial charge is 0.127 e. The summed E-state index contributed by atoms with van der Waals surface area (Å²) in [5.41, 5.74) is 0.595. The third-order valence-corrected chi connectivity index (χ3v) is 4.47. The van der Waals surface area contributed by atoms with E-state index in [1.54, 1.807) is 11.5 Å². The molecule has 2 rings (SSSR count). The van der Waals surface area contributed by atoms with E-state index >= 15 is 0 Å². The molecule has 0 radical (unpaired) electrons. The molecule has 0 aliphatic heterocycles. The second kappa shape index (κ2) is 7.17. The molecule has 0 aliphatic carbocycles. The molecule has 0 spiro atoms. The molecule has 1 aromatic carbocycles. The van der Waals surface area contributed by atoms with Crippen molar-refractivity contribution in [1.29, 1.82) is 10.5 Å². The van der Waals surface area contributed by atoms with Gasteiger partial charge in [-0.05, 0) is 25.1 Å². The fourth-order valence-corrected chi connectivity index (χ4v) is 3.20. The first-order chi connectivity index (χ1) is 10.7. The van der Waals surface area contributed by atoms with Gasteiger partial charge in [0.05, 0.1) is 34.1 Å². The van der Waals surface area contributed by atoms with Gasteiger partial charge in [0.25, 0.3) is 0 Å². The highest BCUT2D eigenvalue weighted by molar-refractivity contribution is 7.85. The van der Waals surface area contributed by atoms with Crippen LogP contribution in [0.25, 0.3) is 0 Å². The highest BCUT2D eigenvalue weighted by Crippen LogP contribution is 2.24. The Morgan fingerprint density at radius 1 is 1.18 bits per heavy atom. The lowest BCUT2D eigenvalue weighted by atomic mass is 10.1. The van der Waals surface area contributed by atoms with Gasteiger partial charge >= 0.3 is 0 Å².